The van der Waals surface area contributed by atoms with Gasteiger partial charge in [-0.2, -0.15) is 0 Å². The van der Waals surface area contributed by atoms with Crippen LogP contribution in [0.3, 0.4) is 0 Å². The number of hydrogen-bond acceptors (Lipinski definition) is 4. The molecular weight excluding hydrogens is 302 g/mol. The highest BCUT2D eigenvalue weighted by Crippen LogP contribution is 2.57. The largest absolute Gasteiger partial charge is 0.504 e. The molecule has 1 aromatic carbocycles. The molecule has 1 aromatic rings. The van der Waals surface area contributed by atoms with Gasteiger partial charge in [-0.3, -0.25) is 4.90 Å². The Morgan fingerprint density at radius 1 is 1.25 bits per heavy atom. The molecular formula is C20H29NO3. The molecule has 0 radical (unpaired) electrons. The first kappa shape index (κ1) is 17.3. The molecule has 3 rings (SSSR count). The van der Waals surface area contributed by atoms with Crippen LogP contribution in [0.25, 0.3) is 0 Å². The lowest BCUT2D eigenvalue weighted by Gasteiger charge is -2.60. The molecule has 2 fully saturated rings. The topological polar surface area (TPSA) is 63.9 Å². The molecule has 3 N–H and O–H groups in total. The number of nitrogens with zero attached hydrogens (tertiary/aromatic N) is 1. The SMILES string of the molecule is C=CCN1CC[C@]2(c3c(C)ccc(O)c3O)CCCC[C@@]2(O)C1C. The van der Waals surface area contributed by atoms with Gasteiger partial charge < -0.3 is 15.3 Å². The van der Waals surface area contributed by atoms with E-state index in [1.807, 2.05) is 19.1 Å². The molecule has 3 atom stereocenters. The molecule has 1 saturated heterocycles. The number of benzene rings is 1. The fourth-order valence-corrected chi connectivity index (χ4v) is 5.22. The van der Waals surface area contributed by atoms with Crippen LogP contribution < -0.4 is 0 Å². The maximum absolute atomic E-state index is 11.8. The molecule has 1 aliphatic heterocycles. The van der Waals surface area contributed by atoms with E-state index < -0.39 is 11.0 Å². The zero-order valence-electron chi connectivity index (χ0n) is 14.8. The third-order valence-corrected chi connectivity index (χ3v) is 6.51. The molecule has 4 heteroatoms. The Morgan fingerprint density at radius 3 is 2.67 bits per heavy atom. The third kappa shape index (κ3) is 2.27. The molecule has 0 spiro atoms. The van der Waals surface area contributed by atoms with Crippen LogP contribution in [0, 0.1) is 6.92 Å². The maximum Gasteiger partial charge on any atom is 0.161 e. The maximum atomic E-state index is 11.8. The number of hydrogen-bond donors (Lipinski definition) is 3. The first-order valence-electron chi connectivity index (χ1n) is 8.97. The van der Waals surface area contributed by atoms with Crippen LogP contribution in [0.4, 0.5) is 0 Å². The monoisotopic (exact) mass is 331 g/mol. The van der Waals surface area contributed by atoms with Crippen molar-refractivity contribution in [3.8, 4) is 11.5 Å². The lowest BCUT2D eigenvalue weighted by molar-refractivity contribution is -0.152. The van der Waals surface area contributed by atoms with Crippen molar-refractivity contribution in [3.05, 3.63) is 35.9 Å². The highest BCUT2D eigenvalue weighted by atomic mass is 16.3. The number of aliphatic hydroxyl groups is 1. The second kappa shape index (κ2) is 6.08. The summed E-state index contributed by atoms with van der Waals surface area (Å²) in [6.45, 7) is 9.48. The number of phenols is 2. The van der Waals surface area contributed by atoms with E-state index >= 15 is 0 Å². The number of phenolic OH excluding ortho intramolecular Hbond substituents is 2. The fraction of sp³-hybridized carbons (Fsp3) is 0.600. The summed E-state index contributed by atoms with van der Waals surface area (Å²) < 4.78 is 0. The standard InChI is InChI=1S/C20H29NO3/c1-4-12-21-13-11-19(9-5-6-10-20(19,24)15(21)3)17-14(2)7-8-16(22)18(17)23/h4,7-8,15,22-24H,1,5-6,9-13H2,2-3H3/t15?,19-,20+/m0/s1. The van der Waals surface area contributed by atoms with Crippen molar-refractivity contribution in [3.63, 3.8) is 0 Å². The van der Waals surface area contributed by atoms with Crippen LogP contribution in [0.1, 0.15) is 50.2 Å². The molecule has 4 nitrogen and oxygen atoms in total. The molecule has 0 bridgehead atoms. The van der Waals surface area contributed by atoms with Gasteiger partial charge in [0.1, 0.15) is 0 Å². The average molecular weight is 331 g/mol. The van der Waals surface area contributed by atoms with Crippen LogP contribution in [-0.2, 0) is 5.41 Å². The smallest absolute Gasteiger partial charge is 0.161 e. The van der Waals surface area contributed by atoms with E-state index in [1.54, 1.807) is 0 Å². The van der Waals surface area contributed by atoms with Crippen LogP contribution in [0.15, 0.2) is 24.8 Å². The van der Waals surface area contributed by atoms with Crippen molar-refractivity contribution in [1.29, 1.82) is 0 Å². The Kier molecular flexibility index (Phi) is 4.39. The zero-order chi connectivity index (χ0) is 17.5. The Hall–Kier alpha value is -1.52. The average Bonchev–Trinajstić information content (AvgIpc) is 2.56. The van der Waals surface area contributed by atoms with Crippen molar-refractivity contribution in [2.75, 3.05) is 13.1 Å². The van der Waals surface area contributed by atoms with E-state index in [1.165, 1.54) is 6.07 Å². The van der Waals surface area contributed by atoms with Gasteiger partial charge in [-0.15, -0.1) is 6.58 Å². The number of rotatable bonds is 3. The summed E-state index contributed by atoms with van der Waals surface area (Å²) in [5.41, 5.74) is 0.266. The van der Waals surface area contributed by atoms with Crippen LogP contribution in [-0.4, -0.2) is 45.0 Å². The van der Waals surface area contributed by atoms with Gasteiger partial charge in [-0.1, -0.05) is 25.0 Å². The third-order valence-electron chi connectivity index (χ3n) is 6.51. The van der Waals surface area contributed by atoms with Crippen molar-refractivity contribution in [2.45, 2.75) is 63.0 Å². The zero-order valence-corrected chi connectivity index (χ0v) is 14.8. The second-order valence-electron chi connectivity index (χ2n) is 7.55. The lowest BCUT2D eigenvalue weighted by Crippen LogP contribution is -2.68. The van der Waals surface area contributed by atoms with E-state index in [-0.39, 0.29) is 17.5 Å². The van der Waals surface area contributed by atoms with Gasteiger partial charge in [0.2, 0.25) is 0 Å². The van der Waals surface area contributed by atoms with Crippen molar-refractivity contribution >= 4 is 0 Å². The van der Waals surface area contributed by atoms with Crippen LogP contribution in [0.2, 0.25) is 0 Å². The molecule has 0 amide bonds. The molecule has 1 unspecified atom stereocenters. The molecule has 1 saturated carbocycles. The minimum atomic E-state index is -0.914. The highest BCUT2D eigenvalue weighted by molar-refractivity contribution is 5.54. The highest BCUT2D eigenvalue weighted by Gasteiger charge is 2.60. The summed E-state index contributed by atoms with van der Waals surface area (Å²) in [7, 11) is 0. The molecule has 24 heavy (non-hydrogen) atoms. The minimum Gasteiger partial charge on any atom is -0.504 e. The lowest BCUT2D eigenvalue weighted by atomic mass is 9.53. The van der Waals surface area contributed by atoms with Gasteiger partial charge in [-0.05, 0) is 51.3 Å². The Bertz CT molecular complexity index is 644. The molecule has 1 heterocycles. The van der Waals surface area contributed by atoms with Crippen LogP contribution >= 0.6 is 0 Å². The minimum absolute atomic E-state index is 0.0225. The van der Waals surface area contributed by atoms with Gasteiger partial charge in [0.05, 0.1) is 5.60 Å². The predicted molar refractivity (Wildman–Crippen MR) is 95.5 cm³/mol. The van der Waals surface area contributed by atoms with E-state index in [0.29, 0.717) is 0 Å². The normalized spacial score (nSPS) is 33.9. The van der Waals surface area contributed by atoms with Crippen LogP contribution in [0.5, 0.6) is 11.5 Å². The van der Waals surface area contributed by atoms with E-state index in [2.05, 4.69) is 18.4 Å². The molecule has 2 aliphatic rings. The van der Waals surface area contributed by atoms with Gasteiger partial charge in [0, 0.05) is 23.6 Å². The fourth-order valence-electron chi connectivity index (χ4n) is 5.22. The number of likely N-dealkylation sites (tertiary alicyclic amines) is 1. The predicted octanol–water partition coefficient (Wildman–Crippen LogP) is 3.23. The number of aryl methyl sites for hydroxylation is 1. The number of piperidine rings is 1. The Balaban J connectivity index is 2.17. The Morgan fingerprint density at radius 2 is 1.96 bits per heavy atom. The summed E-state index contributed by atoms with van der Waals surface area (Å²) in [6, 6.07) is 3.35. The van der Waals surface area contributed by atoms with Crippen molar-refractivity contribution in [1.82, 2.24) is 4.90 Å². The summed E-state index contributed by atoms with van der Waals surface area (Å²) in [4.78, 5) is 2.27. The summed E-state index contributed by atoms with van der Waals surface area (Å²) in [5, 5.41) is 32.5. The number of aromatic hydroxyl groups is 2. The van der Waals surface area contributed by atoms with E-state index in [9.17, 15) is 15.3 Å². The first-order valence-corrected chi connectivity index (χ1v) is 8.97. The number of fused-ring (bicyclic) bond motifs is 1. The Labute approximate surface area is 144 Å². The van der Waals surface area contributed by atoms with E-state index in [4.69, 9.17) is 0 Å². The quantitative estimate of drug-likeness (QED) is 0.588. The second-order valence-corrected chi connectivity index (χ2v) is 7.55. The molecule has 132 valence electrons. The summed E-state index contributed by atoms with van der Waals surface area (Å²) in [6.07, 6.45) is 6.24. The van der Waals surface area contributed by atoms with Crippen molar-refractivity contribution < 1.29 is 15.3 Å². The van der Waals surface area contributed by atoms with Crippen molar-refractivity contribution in [2.24, 2.45) is 0 Å². The van der Waals surface area contributed by atoms with E-state index in [0.717, 1.165) is 56.3 Å². The summed E-state index contributed by atoms with van der Waals surface area (Å²) in [5.74, 6) is -0.154. The van der Waals surface area contributed by atoms with Gasteiger partial charge in [0.25, 0.3) is 0 Å². The summed E-state index contributed by atoms with van der Waals surface area (Å²) >= 11 is 0. The molecule has 0 aromatic heterocycles. The first-order chi connectivity index (χ1) is 11.4. The van der Waals surface area contributed by atoms with Gasteiger partial charge in [-0.25, -0.2) is 0 Å². The van der Waals surface area contributed by atoms with Gasteiger partial charge in [0.15, 0.2) is 11.5 Å². The molecule has 1 aliphatic carbocycles. The van der Waals surface area contributed by atoms with Gasteiger partial charge >= 0.3 is 0 Å².